The van der Waals surface area contributed by atoms with E-state index in [9.17, 15) is 4.79 Å². The molecule has 0 saturated carbocycles. The summed E-state index contributed by atoms with van der Waals surface area (Å²) in [6, 6.07) is 7.75. The van der Waals surface area contributed by atoms with E-state index in [0.29, 0.717) is 6.54 Å². The zero-order valence-corrected chi connectivity index (χ0v) is 9.13. The van der Waals surface area contributed by atoms with Crippen LogP contribution in [0.3, 0.4) is 0 Å². The molecule has 4 heteroatoms. The molecule has 2 rings (SSSR count). The Balaban J connectivity index is 2.02. The summed E-state index contributed by atoms with van der Waals surface area (Å²) >= 11 is 6.05. The third-order valence-electron chi connectivity index (χ3n) is 2.47. The number of carbonyl (C=O) groups excluding carboxylic acids is 1. The van der Waals surface area contributed by atoms with E-state index in [4.69, 9.17) is 11.6 Å². The molecule has 0 spiro atoms. The normalized spacial score (nSPS) is 17.5. The quantitative estimate of drug-likeness (QED) is 0.821. The lowest BCUT2D eigenvalue weighted by Crippen LogP contribution is -2.47. The summed E-state index contributed by atoms with van der Waals surface area (Å²) in [4.78, 5) is 13.3. The molecule has 1 aromatic carbocycles. The Kier molecular flexibility index (Phi) is 3.23. The van der Waals surface area contributed by atoms with Gasteiger partial charge in [-0.15, -0.1) is 0 Å². The van der Waals surface area contributed by atoms with Crippen LogP contribution in [0.25, 0.3) is 0 Å². The van der Waals surface area contributed by atoms with Gasteiger partial charge >= 0.3 is 0 Å². The summed E-state index contributed by atoms with van der Waals surface area (Å²) < 4.78 is 0. The highest BCUT2D eigenvalue weighted by atomic mass is 35.5. The zero-order chi connectivity index (χ0) is 10.7. The van der Waals surface area contributed by atoms with Crippen molar-refractivity contribution in [1.29, 1.82) is 0 Å². The molecule has 1 aromatic rings. The molecule has 0 aromatic heterocycles. The van der Waals surface area contributed by atoms with Crippen LogP contribution < -0.4 is 5.32 Å². The van der Waals surface area contributed by atoms with E-state index in [0.717, 1.165) is 30.2 Å². The zero-order valence-electron chi connectivity index (χ0n) is 8.37. The second-order valence-electron chi connectivity index (χ2n) is 3.65. The van der Waals surface area contributed by atoms with Gasteiger partial charge in [0.1, 0.15) is 0 Å². The Morgan fingerprint density at radius 2 is 2.20 bits per heavy atom. The molecule has 1 amide bonds. The molecule has 0 unspecified atom stereocenters. The topological polar surface area (TPSA) is 32.3 Å². The highest BCUT2D eigenvalue weighted by Crippen LogP contribution is 2.17. The average Bonchev–Trinajstić information content (AvgIpc) is 2.22. The van der Waals surface area contributed by atoms with Gasteiger partial charge in [-0.05, 0) is 11.6 Å². The Hall–Kier alpha value is -1.06. The van der Waals surface area contributed by atoms with E-state index in [-0.39, 0.29) is 5.91 Å². The molecule has 1 aliphatic rings. The van der Waals surface area contributed by atoms with Crippen molar-refractivity contribution in [1.82, 2.24) is 10.2 Å². The first-order chi connectivity index (χ1) is 7.25. The first kappa shape index (κ1) is 10.5. The SMILES string of the molecule is O=C1CN(Cc2ccccc2Cl)CCN1. The predicted molar refractivity (Wildman–Crippen MR) is 59.7 cm³/mol. The number of benzene rings is 1. The average molecular weight is 225 g/mol. The van der Waals surface area contributed by atoms with E-state index in [2.05, 4.69) is 10.2 Å². The molecule has 0 bridgehead atoms. The van der Waals surface area contributed by atoms with Gasteiger partial charge in [0, 0.05) is 24.7 Å². The molecule has 0 atom stereocenters. The second-order valence-corrected chi connectivity index (χ2v) is 4.06. The maximum atomic E-state index is 11.2. The highest BCUT2D eigenvalue weighted by molar-refractivity contribution is 6.31. The number of hydrogen-bond donors (Lipinski definition) is 1. The first-order valence-electron chi connectivity index (χ1n) is 4.98. The van der Waals surface area contributed by atoms with E-state index < -0.39 is 0 Å². The van der Waals surface area contributed by atoms with Crippen LogP contribution in [0.1, 0.15) is 5.56 Å². The summed E-state index contributed by atoms with van der Waals surface area (Å²) in [5, 5.41) is 3.57. The standard InChI is InChI=1S/C11H13ClN2O/c12-10-4-2-1-3-9(10)7-14-6-5-13-11(15)8-14/h1-4H,5-8H2,(H,13,15). The first-order valence-corrected chi connectivity index (χ1v) is 5.36. The lowest BCUT2D eigenvalue weighted by atomic mass is 10.2. The maximum Gasteiger partial charge on any atom is 0.234 e. The van der Waals surface area contributed by atoms with E-state index in [1.165, 1.54) is 0 Å². The number of nitrogens with one attached hydrogen (secondary N) is 1. The minimum atomic E-state index is 0.0910. The molecule has 1 saturated heterocycles. The second kappa shape index (κ2) is 4.64. The summed E-state index contributed by atoms with van der Waals surface area (Å²) in [6.07, 6.45) is 0. The van der Waals surface area contributed by atoms with E-state index in [1.54, 1.807) is 0 Å². The third-order valence-corrected chi connectivity index (χ3v) is 2.84. The summed E-state index contributed by atoms with van der Waals surface area (Å²) in [6.45, 7) is 2.82. The fourth-order valence-electron chi connectivity index (χ4n) is 1.69. The predicted octanol–water partition coefficient (Wildman–Crippen LogP) is 1.27. The van der Waals surface area contributed by atoms with Crippen LogP contribution in [0.2, 0.25) is 5.02 Å². The number of hydrogen-bond acceptors (Lipinski definition) is 2. The number of amides is 1. The largest absolute Gasteiger partial charge is 0.354 e. The Bertz CT molecular complexity index is 367. The van der Waals surface area contributed by atoms with E-state index >= 15 is 0 Å². The third kappa shape index (κ3) is 2.70. The van der Waals surface area contributed by atoms with Crippen LogP contribution in [-0.2, 0) is 11.3 Å². The van der Waals surface area contributed by atoms with Crippen molar-refractivity contribution in [2.45, 2.75) is 6.54 Å². The fraction of sp³-hybridized carbons (Fsp3) is 0.364. The van der Waals surface area contributed by atoms with Crippen LogP contribution in [0.15, 0.2) is 24.3 Å². The van der Waals surface area contributed by atoms with Crippen LogP contribution >= 0.6 is 11.6 Å². The van der Waals surface area contributed by atoms with Crippen molar-refractivity contribution in [2.24, 2.45) is 0 Å². The number of rotatable bonds is 2. The lowest BCUT2D eigenvalue weighted by molar-refractivity contribution is -0.124. The minimum absolute atomic E-state index is 0.0910. The van der Waals surface area contributed by atoms with Gasteiger partial charge in [0.2, 0.25) is 5.91 Å². The van der Waals surface area contributed by atoms with Crippen molar-refractivity contribution in [2.75, 3.05) is 19.6 Å². The van der Waals surface area contributed by atoms with Crippen molar-refractivity contribution in [3.63, 3.8) is 0 Å². The van der Waals surface area contributed by atoms with Crippen LogP contribution in [-0.4, -0.2) is 30.4 Å². The van der Waals surface area contributed by atoms with Crippen LogP contribution in [0.5, 0.6) is 0 Å². The van der Waals surface area contributed by atoms with Gasteiger partial charge < -0.3 is 5.32 Å². The molecular formula is C11H13ClN2O. The number of carbonyl (C=O) groups is 1. The van der Waals surface area contributed by atoms with Gasteiger partial charge in [-0.1, -0.05) is 29.8 Å². The number of nitrogens with zero attached hydrogens (tertiary/aromatic N) is 1. The highest BCUT2D eigenvalue weighted by Gasteiger charge is 2.16. The van der Waals surface area contributed by atoms with Crippen molar-refractivity contribution < 1.29 is 4.79 Å². The maximum absolute atomic E-state index is 11.2. The van der Waals surface area contributed by atoms with Crippen LogP contribution in [0.4, 0.5) is 0 Å². The Morgan fingerprint density at radius 1 is 1.40 bits per heavy atom. The molecule has 3 nitrogen and oxygen atoms in total. The molecule has 1 fully saturated rings. The Labute approximate surface area is 94.0 Å². The van der Waals surface area contributed by atoms with Crippen molar-refractivity contribution in [3.8, 4) is 0 Å². The summed E-state index contributed by atoms with van der Waals surface area (Å²) in [7, 11) is 0. The molecule has 1 heterocycles. The van der Waals surface area contributed by atoms with Gasteiger partial charge in [0.15, 0.2) is 0 Å². The molecular weight excluding hydrogens is 212 g/mol. The number of piperazine rings is 1. The molecule has 0 radical (unpaired) electrons. The van der Waals surface area contributed by atoms with Gasteiger partial charge in [-0.2, -0.15) is 0 Å². The monoisotopic (exact) mass is 224 g/mol. The minimum Gasteiger partial charge on any atom is -0.354 e. The van der Waals surface area contributed by atoms with Gasteiger partial charge in [0.25, 0.3) is 0 Å². The molecule has 15 heavy (non-hydrogen) atoms. The molecule has 1 N–H and O–H groups in total. The summed E-state index contributed by atoms with van der Waals surface area (Å²) in [5.74, 6) is 0.0910. The van der Waals surface area contributed by atoms with Crippen LogP contribution in [0, 0.1) is 0 Å². The summed E-state index contributed by atoms with van der Waals surface area (Å²) in [5.41, 5.74) is 1.08. The fourth-order valence-corrected chi connectivity index (χ4v) is 1.89. The number of halogens is 1. The smallest absolute Gasteiger partial charge is 0.234 e. The van der Waals surface area contributed by atoms with E-state index in [1.807, 2.05) is 24.3 Å². The Morgan fingerprint density at radius 3 is 2.93 bits per heavy atom. The van der Waals surface area contributed by atoms with Gasteiger partial charge in [0.05, 0.1) is 6.54 Å². The molecule has 1 aliphatic heterocycles. The molecule has 0 aliphatic carbocycles. The van der Waals surface area contributed by atoms with Gasteiger partial charge in [-0.3, -0.25) is 9.69 Å². The lowest BCUT2D eigenvalue weighted by Gasteiger charge is -2.26. The molecule has 80 valence electrons. The van der Waals surface area contributed by atoms with Crippen molar-refractivity contribution >= 4 is 17.5 Å². The van der Waals surface area contributed by atoms with Gasteiger partial charge in [-0.25, -0.2) is 0 Å². The van der Waals surface area contributed by atoms with Crippen molar-refractivity contribution in [3.05, 3.63) is 34.9 Å².